The SMILES string of the molecule is COc1ccc(C[NH+](C)CC(=O)Nc2c(C)nn(-c3ccc(C)cc3)c2C)c(OC)c1. The molecule has 0 saturated heterocycles. The smallest absolute Gasteiger partial charge is 0.279 e. The number of aromatic nitrogens is 2. The minimum Gasteiger partial charge on any atom is -0.497 e. The van der Waals surface area contributed by atoms with Gasteiger partial charge in [0.1, 0.15) is 18.0 Å². The van der Waals surface area contributed by atoms with Gasteiger partial charge in [-0.3, -0.25) is 4.79 Å². The number of anilines is 1. The molecule has 0 aliphatic heterocycles. The summed E-state index contributed by atoms with van der Waals surface area (Å²) < 4.78 is 12.6. The van der Waals surface area contributed by atoms with E-state index in [-0.39, 0.29) is 5.91 Å². The number of aryl methyl sites for hydroxylation is 2. The van der Waals surface area contributed by atoms with Gasteiger partial charge >= 0.3 is 0 Å². The Hall–Kier alpha value is -3.32. The molecule has 1 atom stereocenters. The van der Waals surface area contributed by atoms with Gasteiger partial charge in [-0.15, -0.1) is 0 Å². The van der Waals surface area contributed by atoms with E-state index in [0.29, 0.717) is 13.1 Å². The predicted octanol–water partition coefficient (Wildman–Crippen LogP) is 2.47. The molecule has 2 aromatic carbocycles. The highest BCUT2D eigenvalue weighted by Gasteiger charge is 2.18. The summed E-state index contributed by atoms with van der Waals surface area (Å²) in [7, 11) is 5.25. The normalized spacial score (nSPS) is 11.8. The van der Waals surface area contributed by atoms with Crippen LogP contribution < -0.4 is 19.7 Å². The molecule has 1 unspecified atom stereocenters. The van der Waals surface area contributed by atoms with Gasteiger partial charge in [-0.2, -0.15) is 5.10 Å². The number of hydrogen-bond donors (Lipinski definition) is 2. The lowest BCUT2D eigenvalue weighted by Gasteiger charge is -2.16. The lowest BCUT2D eigenvalue weighted by atomic mass is 10.2. The number of carbonyl (C=O) groups excluding carboxylic acids is 1. The van der Waals surface area contributed by atoms with Crippen molar-refractivity contribution in [2.75, 3.05) is 33.1 Å². The zero-order chi connectivity index (χ0) is 22.5. The molecule has 0 spiro atoms. The summed E-state index contributed by atoms with van der Waals surface area (Å²) in [6, 6.07) is 13.9. The van der Waals surface area contributed by atoms with Crippen molar-refractivity contribution >= 4 is 11.6 Å². The van der Waals surface area contributed by atoms with Crippen molar-refractivity contribution < 1.29 is 19.2 Å². The summed E-state index contributed by atoms with van der Waals surface area (Å²) in [5.74, 6) is 1.44. The highest BCUT2D eigenvalue weighted by Crippen LogP contribution is 2.24. The minimum atomic E-state index is -0.0559. The van der Waals surface area contributed by atoms with Crippen LogP contribution >= 0.6 is 0 Å². The fourth-order valence-corrected chi connectivity index (χ4v) is 3.60. The van der Waals surface area contributed by atoms with Gasteiger partial charge < -0.3 is 19.7 Å². The van der Waals surface area contributed by atoms with Crippen LogP contribution in [0.25, 0.3) is 5.69 Å². The molecule has 7 nitrogen and oxygen atoms in total. The second-order valence-corrected chi connectivity index (χ2v) is 7.83. The van der Waals surface area contributed by atoms with Gasteiger partial charge in [-0.1, -0.05) is 17.7 Å². The molecule has 1 aromatic heterocycles. The Bertz CT molecular complexity index is 1060. The molecular formula is C24H31N4O3+. The maximum atomic E-state index is 12.7. The summed E-state index contributed by atoms with van der Waals surface area (Å²) in [6.45, 7) is 6.91. The van der Waals surface area contributed by atoms with Crippen LogP contribution in [-0.2, 0) is 11.3 Å². The second-order valence-electron chi connectivity index (χ2n) is 7.83. The molecule has 31 heavy (non-hydrogen) atoms. The number of quaternary nitrogens is 1. The fraction of sp³-hybridized carbons (Fsp3) is 0.333. The monoisotopic (exact) mass is 423 g/mol. The van der Waals surface area contributed by atoms with Gasteiger partial charge in [0.05, 0.1) is 44.0 Å². The van der Waals surface area contributed by atoms with E-state index in [0.717, 1.165) is 44.7 Å². The third-order valence-corrected chi connectivity index (χ3v) is 5.28. The molecule has 3 aromatic rings. The summed E-state index contributed by atoms with van der Waals surface area (Å²) >= 11 is 0. The van der Waals surface area contributed by atoms with E-state index in [1.807, 2.05) is 55.9 Å². The van der Waals surface area contributed by atoms with Crippen LogP contribution in [0.5, 0.6) is 11.5 Å². The minimum absolute atomic E-state index is 0.0559. The third kappa shape index (κ3) is 5.24. The molecule has 3 rings (SSSR count). The van der Waals surface area contributed by atoms with E-state index in [4.69, 9.17) is 9.47 Å². The summed E-state index contributed by atoms with van der Waals surface area (Å²) in [5, 5.41) is 7.66. The van der Waals surface area contributed by atoms with Crippen LogP contribution in [0.15, 0.2) is 42.5 Å². The zero-order valence-corrected chi connectivity index (χ0v) is 19.1. The van der Waals surface area contributed by atoms with Gasteiger partial charge in [0.25, 0.3) is 5.91 Å². The Labute approximate surface area is 183 Å². The van der Waals surface area contributed by atoms with Crippen LogP contribution in [-0.4, -0.2) is 43.5 Å². The van der Waals surface area contributed by atoms with E-state index < -0.39 is 0 Å². The molecule has 0 saturated carbocycles. The van der Waals surface area contributed by atoms with Crippen LogP contribution in [0.4, 0.5) is 5.69 Å². The number of benzene rings is 2. The van der Waals surface area contributed by atoms with E-state index in [1.165, 1.54) is 5.56 Å². The van der Waals surface area contributed by atoms with Crippen molar-refractivity contribution in [2.45, 2.75) is 27.3 Å². The van der Waals surface area contributed by atoms with Crippen LogP contribution in [0, 0.1) is 20.8 Å². The maximum Gasteiger partial charge on any atom is 0.279 e. The molecule has 1 heterocycles. The van der Waals surface area contributed by atoms with Gasteiger partial charge in [0.2, 0.25) is 0 Å². The molecule has 2 N–H and O–H groups in total. The van der Waals surface area contributed by atoms with Crippen molar-refractivity contribution in [3.05, 3.63) is 65.0 Å². The lowest BCUT2D eigenvalue weighted by molar-refractivity contribution is -0.885. The number of likely N-dealkylation sites (N-methyl/N-ethyl adjacent to an activating group) is 1. The van der Waals surface area contributed by atoms with Gasteiger partial charge in [-0.05, 0) is 45.0 Å². The average Bonchev–Trinajstić information content (AvgIpc) is 3.02. The Morgan fingerprint density at radius 1 is 1.06 bits per heavy atom. The van der Waals surface area contributed by atoms with E-state index in [2.05, 4.69) is 29.5 Å². The largest absolute Gasteiger partial charge is 0.497 e. The Morgan fingerprint density at radius 2 is 1.77 bits per heavy atom. The summed E-state index contributed by atoms with van der Waals surface area (Å²) in [5.41, 5.74) is 5.65. The van der Waals surface area contributed by atoms with Crippen molar-refractivity contribution in [2.24, 2.45) is 0 Å². The maximum absolute atomic E-state index is 12.7. The first-order chi connectivity index (χ1) is 14.8. The quantitative estimate of drug-likeness (QED) is 0.584. The van der Waals surface area contributed by atoms with Gasteiger partial charge in [0.15, 0.2) is 6.54 Å². The molecule has 0 radical (unpaired) electrons. The highest BCUT2D eigenvalue weighted by atomic mass is 16.5. The highest BCUT2D eigenvalue weighted by molar-refractivity contribution is 5.92. The van der Waals surface area contributed by atoms with Crippen molar-refractivity contribution in [3.63, 3.8) is 0 Å². The first-order valence-corrected chi connectivity index (χ1v) is 10.3. The van der Waals surface area contributed by atoms with E-state index >= 15 is 0 Å². The Kier molecular flexibility index (Phi) is 6.97. The first kappa shape index (κ1) is 22.4. The number of amides is 1. The lowest BCUT2D eigenvalue weighted by Crippen LogP contribution is -3.08. The molecule has 0 aliphatic rings. The number of hydrogen-bond acceptors (Lipinski definition) is 4. The van der Waals surface area contributed by atoms with Gasteiger partial charge in [-0.25, -0.2) is 4.68 Å². The van der Waals surface area contributed by atoms with Crippen molar-refractivity contribution in [1.82, 2.24) is 9.78 Å². The standard InChI is InChI=1S/C24H30N4O3/c1-16-7-10-20(11-8-16)28-18(3)24(17(2)26-28)25-23(29)15-27(4)14-19-9-12-21(30-5)13-22(19)31-6/h7-13H,14-15H2,1-6H3,(H,25,29)/p+1. The van der Waals surface area contributed by atoms with Gasteiger partial charge in [0, 0.05) is 11.6 Å². The Morgan fingerprint density at radius 3 is 2.42 bits per heavy atom. The topological polar surface area (TPSA) is 69.8 Å². The molecular weight excluding hydrogens is 392 g/mol. The number of carbonyl (C=O) groups is 1. The van der Waals surface area contributed by atoms with E-state index in [9.17, 15) is 4.79 Å². The zero-order valence-electron chi connectivity index (χ0n) is 19.1. The number of ether oxygens (including phenoxy) is 2. The average molecular weight is 424 g/mol. The summed E-state index contributed by atoms with van der Waals surface area (Å²) in [6.07, 6.45) is 0. The molecule has 164 valence electrons. The van der Waals surface area contributed by atoms with Crippen LogP contribution in [0.1, 0.15) is 22.5 Å². The number of rotatable bonds is 8. The fourth-order valence-electron chi connectivity index (χ4n) is 3.60. The third-order valence-electron chi connectivity index (χ3n) is 5.28. The van der Waals surface area contributed by atoms with Crippen molar-refractivity contribution in [1.29, 1.82) is 0 Å². The molecule has 0 fully saturated rings. The van der Waals surface area contributed by atoms with E-state index in [1.54, 1.807) is 14.2 Å². The Balaban J connectivity index is 1.68. The number of nitrogens with zero attached hydrogens (tertiary/aromatic N) is 2. The van der Waals surface area contributed by atoms with Crippen molar-refractivity contribution in [3.8, 4) is 17.2 Å². The molecule has 7 heteroatoms. The predicted molar refractivity (Wildman–Crippen MR) is 121 cm³/mol. The number of methoxy groups -OCH3 is 2. The molecule has 1 amide bonds. The second kappa shape index (κ2) is 9.66. The van der Waals surface area contributed by atoms with Crippen LogP contribution in [0.3, 0.4) is 0 Å². The first-order valence-electron chi connectivity index (χ1n) is 10.3. The number of nitrogens with one attached hydrogen (secondary N) is 2. The van der Waals surface area contributed by atoms with Crippen LogP contribution in [0.2, 0.25) is 0 Å². The molecule has 0 aliphatic carbocycles. The summed E-state index contributed by atoms with van der Waals surface area (Å²) in [4.78, 5) is 13.8. The molecule has 0 bridgehead atoms.